The van der Waals surface area contributed by atoms with Crippen LogP contribution in [-0.4, -0.2) is 38.0 Å². The van der Waals surface area contributed by atoms with Crippen molar-refractivity contribution in [3.63, 3.8) is 0 Å². The molecule has 1 atom stereocenters. The van der Waals surface area contributed by atoms with Crippen molar-refractivity contribution in [1.82, 2.24) is 10.2 Å². The molecule has 0 radical (unpaired) electrons. The largest absolute Gasteiger partial charge is 0.349 e. The Morgan fingerprint density at radius 3 is 2.54 bits per heavy atom. The summed E-state index contributed by atoms with van der Waals surface area (Å²) in [6.45, 7) is 2.19. The molecular weight excluding hydrogens is 164 g/mol. The summed E-state index contributed by atoms with van der Waals surface area (Å²) < 4.78 is 0. The summed E-state index contributed by atoms with van der Waals surface area (Å²) >= 11 is 0. The zero-order valence-electron chi connectivity index (χ0n) is 8.47. The molecule has 13 heavy (non-hydrogen) atoms. The fraction of sp³-hybridized carbons (Fsp3) is 0.900. The molecule has 0 bridgehead atoms. The van der Waals surface area contributed by atoms with Crippen LogP contribution in [0.5, 0.6) is 0 Å². The number of carbonyl (C=O) groups excluding carboxylic acids is 1. The average molecular weight is 182 g/mol. The van der Waals surface area contributed by atoms with Crippen molar-refractivity contribution in [2.45, 2.75) is 19.3 Å². The summed E-state index contributed by atoms with van der Waals surface area (Å²) in [6, 6.07) is 0. The van der Waals surface area contributed by atoms with Crippen LogP contribution in [0.15, 0.2) is 0 Å². The quantitative estimate of drug-likeness (QED) is 0.639. The lowest BCUT2D eigenvalue weighted by Gasteiger charge is -2.24. The molecule has 0 aromatic heterocycles. The Bertz CT molecular complexity index is 219. The first-order chi connectivity index (χ1) is 6.16. The third-order valence-electron chi connectivity index (χ3n) is 3.53. The molecular formula is C10H18N2O. The highest BCUT2D eigenvalue weighted by Crippen LogP contribution is 2.58. The maximum absolute atomic E-state index is 11.7. The third-order valence-corrected chi connectivity index (χ3v) is 3.53. The fourth-order valence-electron chi connectivity index (χ4n) is 2.49. The summed E-state index contributed by atoms with van der Waals surface area (Å²) in [6.07, 6.45) is 3.51. The molecule has 1 heterocycles. The van der Waals surface area contributed by atoms with E-state index in [0.717, 1.165) is 19.5 Å². The minimum absolute atomic E-state index is 0.335. The topological polar surface area (TPSA) is 32.3 Å². The van der Waals surface area contributed by atoms with E-state index in [1.165, 1.54) is 12.8 Å². The zero-order valence-corrected chi connectivity index (χ0v) is 8.47. The van der Waals surface area contributed by atoms with Gasteiger partial charge in [-0.25, -0.2) is 0 Å². The van der Waals surface area contributed by atoms with Gasteiger partial charge in [-0.3, -0.25) is 4.79 Å². The van der Waals surface area contributed by atoms with E-state index in [2.05, 4.69) is 5.32 Å². The lowest BCUT2D eigenvalue weighted by Crippen LogP contribution is -2.33. The Balaban J connectivity index is 1.96. The van der Waals surface area contributed by atoms with Crippen LogP contribution in [0.25, 0.3) is 0 Å². The van der Waals surface area contributed by atoms with Crippen molar-refractivity contribution < 1.29 is 4.79 Å². The van der Waals surface area contributed by atoms with Crippen molar-refractivity contribution in [3.05, 3.63) is 0 Å². The van der Waals surface area contributed by atoms with Crippen molar-refractivity contribution in [3.8, 4) is 0 Å². The number of nitrogens with one attached hydrogen (secondary N) is 1. The maximum Gasteiger partial charge on any atom is 0.225 e. The highest BCUT2D eigenvalue weighted by molar-refractivity contribution is 5.82. The summed E-state index contributed by atoms with van der Waals surface area (Å²) in [5.74, 6) is 0.673. The summed E-state index contributed by atoms with van der Waals surface area (Å²) in [7, 11) is 3.71. The molecule has 2 aliphatic rings. The molecule has 0 aromatic carbocycles. The van der Waals surface area contributed by atoms with Gasteiger partial charge in [0.25, 0.3) is 0 Å². The van der Waals surface area contributed by atoms with Crippen LogP contribution in [0, 0.1) is 11.3 Å². The van der Waals surface area contributed by atoms with E-state index < -0.39 is 0 Å². The molecule has 0 aromatic rings. The second kappa shape index (κ2) is 2.98. The minimum Gasteiger partial charge on any atom is -0.349 e. The number of carbonyl (C=O) groups is 1. The molecule has 2 fully saturated rings. The molecule has 1 spiro atoms. The van der Waals surface area contributed by atoms with Crippen LogP contribution < -0.4 is 5.32 Å². The third kappa shape index (κ3) is 1.46. The van der Waals surface area contributed by atoms with Gasteiger partial charge in [-0.1, -0.05) is 0 Å². The molecule has 3 nitrogen and oxygen atoms in total. The minimum atomic E-state index is 0.335. The van der Waals surface area contributed by atoms with E-state index in [9.17, 15) is 4.79 Å². The van der Waals surface area contributed by atoms with Gasteiger partial charge in [0.2, 0.25) is 5.91 Å². The number of piperidine rings is 1. The molecule has 74 valence electrons. The first kappa shape index (κ1) is 9.00. The lowest BCUT2D eigenvalue weighted by molar-refractivity contribution is -0.131. The van der Waals surface area contributed by atoms with E-state index >= 15 is 0 Å². The number of nitrogens with zero attached hydrogens (tertiary/aromatic N) is 1. The number of rotatable bonds is 1. The van der Waals surface area contributed by atoms with Crippen LogP contribution >= 0.6 is 0 Å². The second-order valence-electron chi connectivity index (χ2n) is 4.60. The first-order valence-corrected chi connectivity index (χ1v) is 5.08. The Morgan fingerprint density at radius 2 is 2.00 bits per heavy atom. The van der Waals surface area contributed by atoms with Gasteiger partial charge in [-0.2, -0.15) is 0 Å². The average Bonchev–Trinajstić information content (AvgIpc) is 2.79. The molecule has 1 saturated carbocycles. The number of hydrogen-bond acceptors (Lipinski definition) is 2. The highest BCUT2D eigenvalue weighted by Gasteiger charge is 2.57. The van der Waals surface area contributed by atoms with Crippen molar-refractivity contribution >= 4 is 5.91 Å². The Hall–Kier alpha value is -0.570. The van der Waals surface area contributed by atoms with Gasteiger partial charge >= 0.3 is 0 Å². The highest BCUT2D eigenvalue weighted by atomic mass is 16.2. The maximum atomic E-state index is 11.7. The van der Waals surface area contributed by atoms with Gasteiger partial charge in [0.05, 0.1) is 0 Å². The molecule has 2 rings (SSSR count). The SMILES string of the molecule is CN(C)C(=O)[C@@H]1CC12CCNCC2. The molecule has 1 aliphatic heterocycles. The van der Waals surface area contributed by atoms with E-state index in [4.69, 9.17) is 0 Å². The summed E-state index contributed by atoms with van der Waals surface area (Å²) in [5, 5.41) is 3.34. The molecule has 3 heteroatoms. The Morgan fingerprint density at radius 1 is 1.38 bits per heavy atom. The monoisotopic (exact) mass is 182 g/mol. The van der Waals surface area contributed by atoms with Crippen molar-refractivity contribution in [2.24, 2.45) is 11.3 Å². The normalized spacial score (nSPS) is 30.2. The van der Waals surface area contributed by atoms with Crippen molar-refractivity contribution in [2.75, 3.05) is 27.2 Å². The van der Waals surface area contributed by atoms with Gasteiger partial charge in [-0.05, 0) is 37.8 Å². The smallest absolute Gasteiger partial charge is 0.225 e. The van der Waals surface area contributed by atoms with Gasteiger partial charge in [-0.15, -0.1) is 0 Å². The Kier molecular flexibility index (Phi) is 2.06. The fourth-order valence-corrected chi connectivity index (χ4v) is 2.49. The van der Waals surface area contributed by atoms with E-state index in [0.29, 0.717) is 17.2 Å². The Labute approximate surface area is 79.5 Å². The summed E-state index contributed by atoms with van der Waals surface area (Å²) in [5.41, 5.74) is 0.395. The van der Waals surface area contributed by atoms with Crippen LogP contribution in [-0.2, 0) is 4.79 Å². The standard InChI is InChI=1S/C10H18N2O/c1-12(2)9(13)8-7-10(8)3-5-11-6-4-10/h8,11H,3-7H2,1-2H3/t8-/m0/s1. The van der Waals surface area contributed by atoms with Gasteiger partial charge in [0.15, 0.2) is 0 Å². The molecule has 1 saturated heterocycles. The molecule has 0 unspecified atom stereocenters. The number of amides is 1. The van der Waals surface area contributed by atoms with Crippen LogP contribution in [0.3, 0.4) is 0 Å². The predicted molar refractivity (Wildman–Crippen MR) is 51.3 cm³/mol. The molecule has 1 amide bonds. The predicted octanol–water partition coefficient (Wildman–Crippen LogP) is 0.464. The van der Waals surface area contributed by atoms with E-state index in [-0.39, 0.29) is 0 Å². The molecule has 1 aliphatic carbocycles. The van der Waals surface area contributed by atoms with Crippen LogP contribution in [0.2, 0.25) is 0 Å². The van der Waals surface area contributed by atoms with Gasteiger partial charge in [0.1, 0.15) is 0 Å². The molecule has 1 N–H and O–H groups in total. The van der Waals surface area contributed by atoms with Crippen molar-refractivity contribution in [1.29, 1.82) is 0 Å². The van der Waals surface area contributed by atoms with E-state index in [1.54, 1.807) is 4.90 Å². The lowest BCUT2D eigenvalue weighted by atomic mass is 9.91. The van der Waals surface area contributed by atoms with Gasteiger partial charge in [0, 0.05) is 20.0 Å². The van der Waals surface area contributed by atoms with Crippen LogP contribution in [0.4, 0.5) is 0 Å². The second-order valence-corrected chi connectivity index (χ2v) is 4.60. The van der Waals surface area contributed by atoms with E-state index in [1.807, 2.05) is 14.1 Å². The summed E-state index contributed by atoms with van der Waals surface area (Å²) in [4.78, 5) is 13.4. The van der Waals surface area contributed by atoms with Gasteiger partial charge < -0.3 is 10.2 Å². The zero-order chi connectivity index (χ0) is 9.47. The van der Waals surface area contributed by atoms with Crippen LogP contribution in [0.1, 0.15) is 19.3 Å². The first-order valence-electron chi connectivity index (χ1n) is 5.08. The number of hydrogen-bond donors (Lipinski definition) is 1.